The van der Waals surface area contributed by atoms with Gasteiger partial charge in [-0.3, -0.25) is 0 Å². The minimum atomic E-state index is -4.50. The van der Waals surface area contributed by atoms with E-state index in [-0.39, 0.29) is 5.56 Å². The Morgan fingerprint density at radius 2 is 1.43 bits per heavy atom. The lowest BCUT2D eigenvalue weighted by molar-refractivity contribution is -0.142. The van der Waals surface area contributed by atoms with Gasteiger partial charge in [0.1, 0.15) is 11.2 Å². The first-order valence-electron chi connectivity index (χ1n) is 6.57. The van der Waals surface area contributed by atoms with Gasteiger partial charge in [-0.15, -0.1) is 5.10 Å². The first kappa shape index (κ1) is 16.1. The molecule has 21 heavy (non-hydrogen) atoms. The normalized spacial score (nSPS) is 14.0. The van der Waals surface area contributed by atoms with Crippen molar-refractivity contribution in [2.24, 2.45) is 0 Å². The van der Waals surface area contributed by atoms with E-state index in [1.54, 1.807) is 20.8 Å². The zero-order valence-corrected chi connectivity index (χ0v) is 13.7. The van der Waals surface area contributed by atoms with Crippen molar-refractivity contribution in [3.05, 3.63) is 17.0 Å². The SMILES string of the molecule is CC(C)(C)c1nc(C(F)(F)F)c(C(C)(C)C)c2snnc12. The molecular formula is C14H18F3N3S. The number of alkyl halides is 3. The van der Waals surface area contributed by atoms with Gasteiger partial charge >= 0.3 is 6.18 Å². The summed E-state index contributed by atoms with van der Waals surface area (Å²) in [6.07, 6.45) is -4.50. The lowest BCUT2D eigenvalue weighted by atomic mass is 9.83. The fourth-order valence-electron chi connectivity index (χ4n) is 2.26. The summed E-state index contributed by atoms with van der Waals surface area (Å²) in [4.78, 5) is 3.96. The molecule has 2 aromatic rings. The molecule has 0 saturated carbocycles. The predicted molar refractivity (Wildman–Crippen MR) is 77.6 cm³/mol. The van der Waals surface area contributed by atoms with Gasteiger partial charge in [0.05, 0.1) is 10.4 Å². The van der Waals surface area contributed by atoms with Gasteiger partial charge in [-0.1, -0.05) is 46.0 Å². The van der Waals surface area contributed by atoms with Crippen LogP contribution in [-0.2, 0) is 17.0 Å². The standard InChI is InChI=1S/C14H18F3N3S/c1-12(2,3)7-9-8(19-20-21-9)11(13(4,5)6)18-10(7)14(15,16)17/h1-6H3. The van der Waals surface area contributed by atoms with Crippen LogP contribution >= 0.6 is 11.5 Å². The number of rotatable bonds is 0. The third-order valence-electron chi connectivity index (χ3n) is 3.13. The van der Waals surface area contributed by atoms with Gasteiger partial charge in [0, 0.05) is 11.0 Å². The predicted octanol–water partition coefficient (Wildman–Crippen LogP) is 4.70. The van der Waals surface area contributed by atoms with Crippen LogP contribution in [0, 0.1) is 0 Å². The van der Waals surface area contributed by atoms with Crippen LogP contribution in [0.2, 0.25) is 0 Å². The Kier molecular flexibility index (Phi) is 3.56. The third-order valence-corrected chi connectivity index (χ3v) is 3.87. The molecule has 116 valence electrons. The highest BCUT2D eigenvalue weighted by Crippen LogP contribution is 2.43. The number of pyridine rings is 1. The van der Waals surface area contributed by atoms with Crippen LogP contribution in [0.5, 0.6) is 0 Å². The van der Waals surface area contributed by atoms with Crippen LogP contribution in [0.3, 0.4) is 0 Å². The Labute approximate surface area is 125 Å². The van der Waals surface area contributed by atoms with Crippen molar-refractivity contribution in [3.63, 3.8) is 0 Å². The fourth-order valence-corrected chi connectivity index (χ4v) is 3.18. The highest BCUT2D eigenvalue weighted by molar-refractivity contribution is 7.13. The van der Waals surface area contributed by atoms with Gasteiger partial charge in [-0.2, -0.15) is 13.2 Å². The van der Waals surface area contributed by atoms with Crippen molar-refractivity contribution in [3.8, 4) is 0 Å². The van der Waals surface area contributed by atoms with E-state index in [2.05, 4.69) is 14.6 Å². The molecule has 2 heterocycles. The lowest BCUT2D eigenvalue weighted by Gasteiger charge is -2.27. The van der Waals surface area contributed by atoms with Crippen LogP contribution in [0.15, 0.2) is 0 Å². The van der Waals surface area contributed by atoms with Gasteiger partial charge in [-0.25, -0.2) is 4.98 Å². The number of hydrogen-bond donors (Lipinski definition) is 0. The molecule has 0 aliphatic rings. The van der Waals surface area contributed by atoms with Gasteiger partial charge in [-0.05, 0) is 16.9 Å². The van der Waals surface area contributed by atoms with Crippen molar-refractivity contribution in [1.82, 2.24) is 14.6 Å². The molecule has 0 aromatic carbocycles. The molecule has 0 aliphatic heterocycles. The van der Waals surface area contributed by atoms with E-state index >= 15 is 0 Å². The molecule has 0 atom stereocenters. The van der Waals surface area contributed by atoms with Gasteiger partial charge in [0.2, 0.25) is 0 Å². The van der Waals surface area contributed by atoms with Crippen LogP contribution < -0.4 is 0 Å². The minimum Gasteiger partial charge on any atom is -0.245 e. The highest BCUT2D eigenvalue weighted by Gasteiger charge is 2.42. The van der Waals surface area contributed by atoms with Gasteiger partial charge < -0.3 is 0 Å². The van der Waals surface area contributed by atoms with Crippen LogP contribution in [-0.4, -0.2) is 14.6 Å². The zero-order chi connectivity index (χ0) is 16.2. The maximum Gasteiger partial charge on any atom is 0.433 e. The molecule has 0 bridgehead atoms. The quantitative estimate of drug-likeness (QED) is 0.707. The summed E-state index contributed by atoms with van der Waals surface area (Å²) in [6, 6.07) is 0. The summed E-state index contributed by atoms with van der Waals surface area (Å²) in [5.41, 5.74) is -1.06. The molecule has 2 rings (SSSR count). The second kappa shape index (κ2) is 4.63. The summed E-state index contributed by atoms with van der Waals surface area (Å²) >= 11 is 1.00. The van der Waals surface area contributed by atoms with E-state index < -0.39 is 22.7 Å². The van der Waals surface area contributed by atoms with E-state index in [1.807, 2.05) is 20.8 Å². The van der Waals surface area contributed by atoms with E-state index in [1.165, 1.54) is 0 Å². The molecule has 2 aromatic heterocycles. The van der Waals surface area contributed by atoms with Crippen molar-refractivity contribution in [2.75, 3.05) is 0 Å². The summed E-state index contributed by atoms with van der Waals surface area (Å²) in [5, 5.41) is 4.02. The Bertz CT molecular complexity index is 676. The van der Waals surface area contributed by atoms with E-state index in [4.69, 9.17) is 0 Å². The first-order valence-corrected chi connectivity index (χ1v) is 7.35. The fraction of sp³-hybridized carbons (Fsp3) is 0.643. The summed E-state index contributed by atoms with van der Waals surface area (Å²) < 4.78 is 44.8. The lowest BCUT2D eigenvalue weighted by Crippen LogP contribution is -2.25. The van der Waals surface area contributed by atoms with E-state index in [9.17, 15) is 13.2 Å². The Hall–Kier alpha value is -1.24. The monoisotopic (exact) mass is 317 g/mol. The Morgan fingerprint density at radius 1 is 0.857 bits per heavy atom. The Balaban J connectivity index is 2.99. The van der Waals surface area contributed by atoms with Crippen LogP contribution in [0.4, 0.5) is 13.2 Å². The summed E-state index contributed by atoms with van der Waals surface area (Å²) in [7, 11) is 0. The second-order valence-electron chi connectivity index (χ2n) is 7.13. The van der Waals surface area contributed by atoms with Gasteiger partial charge in [0.15, 0.2) is 0 Å². The molecule has 3 nitrogen and oxygen atoms in total. The molecule has 0 amide bonds. The summed E-state index contributed by atoms with van der Waals surface area (Å²) in [5.74, 6) is 0. The largest absolute Gasteiger partial charge is 0.433 e. The minimum absolute atomic E-state index is 0.174. The maximum atomic E-state index is 13.5. The number of fused-ring (bicyclic) bond motifs is 1. The zero-order valence-electron chi connectivity index (χ0n) is 12.9. The second-order valence-corrected chi connectivity index (χ2v) is 7.89. The van der Waals surface area contributed by atoms with E-state index in [0.717, 1.165) is 11.5 Å². The van der Waals surface area contributed by atoms with Gasteiger partial charge in [0.25, 0.3) is 0 Å². The average molecular weight is 317 g/mol. The molecule has 0 saturated heterocycles. The van der Waals surface area contributed by atoms with Crippen LogP contribution in [0.25, 0.3) is 10.2 Å². The number of aromatic nitrogens is 3. The molecular weight excluding hydrogens is 299 g/mol. The van der Waals surface area contributed by atoms with Crippen molar-refractivity contribution in [2.45, 2.75) is 58.5 Å². The average Bonchev–Trinajstić information content (AvgIpc) is 2.70. The number of halogens is 3. The maximum absolute atomic E-state index is 13.5. The molecule has 0 aliphatic carbocycles. The topological polar surface area (TPSA) is 38.7 Å². The third kappa shape index (κ3) is 2.88. The molecule has 7 heteroatoms. The highest BCUT2D eigenvalue weighted by atomic mass is 32.1. The summed E-state index contributed by atoms with van der Waals surface area (Å²) in [6.45, 7) is 10.7. The van der Waals surface area contributed by atoms with Crippen molar-refractivity contribution in [1.29, 1.82) is 0 Å². The number of hydrogen-bond acceptors (Lipinski definition) is 4. The molecule has 0 fully saturated rings. The van der Waals surface area contributed by atoms with Crippen molar-refractivity contribution < 1.29 is 13.2 Å². The molecule has 0 unspecified atom stereocenters. The smallest absolute Gasteiger partial charge is 0.245 e. The van der Waals surface area contributed by atoms with Crippen molar-refractivity contribution >= 4 is 21.7 Å². The van der Waals surface area contributed by atoms with Crippen LogP contribution in [0.1, 0.15) is 58.5 Å². The molecule has 0 spiro atoms. The first-order chi connectivity index (χ1) is 9.33. The Morgan fingerprint density at radius 3 is 1.86 bits per heavy atom. The molecule has 0 radical (unpaired) electrons. The number of nitrogens with zero attached hydrogens (tertiary/aromatic N) is 3. The molecule has 0 N–H and O–H groups in total. The van der Waals surface area contributed by atoms with E-state index in [0.29, 0.717) is 15.9 Å².